The molecule has 2 amide bonds. The zero-order valence-electron chi connectivity index (χ0n) is 19.0. The van der Waals surface area contributed by atoms with Crippen LogP contribution in [0.25, 0.3) is 10.8 Å². The Morgan fingerprint density at radius 3 is 2.76 bits per heavy atom. The van der Waals surface area contributed by atoms with Gasteiger partial charge >= 0.3 is 0 Å². The van der Waals surface area contributed by atoms with Crippen LogP contribution in [-0.4, -0.2) is 45.2 Å². The molecule has 0 radical (unpaired) electrons. The van der Waals surface area contributed by atoms with E-state index in [0.29, 0.717) is 11.4 Å². The molecule has 1 atom stereocenters. The molecule has 2 N–H and O–H groups in total. The summed E-state index contributed by atoms with van der Waals surface area (Å²) in [5, 5.41) is 16.0. The molecule has 9 nitrogen and oxygen atoms in total. The van der Waals surface area contributed by atoms with Crippen molar-refractivity contribution in [2.45, 2.75) is 17.3 Å². The van der Waals surface area contributed by atoms with E-state index in [1.165, 1.54) is 0 Å². The number of aromatic nitrogens is 4. The number of likely N-dealkylation sites (N-methyl/N-ethyl adjacent to an activating group) is 1. The zero-order chi connectivity index (χ0) is 24.1. The van der Waals surface area contributed by atoms with Gasteiger partial charge in [0.05, 0.1) is 0 Å². The number of anilines is 1. The van der Waals surface area contributed by atoms with Gasteiger partial charge in [-0.15, -0.1) is 10.2 Å². The lowest BCUT2D eigenvalue weighted by Gasteiger charge is -2.13. The monoisotopic (exact) mass is 476 g/mol. The number of hydrogen-bond acceptors (Lipinski definition) is 7. The Morgan fingerprint density at radius 2 is 2.00 bits per heavy atom. The number of pyridine rings is 1. The van der Waals surface area contributed by atoms with Crippen LogP contribution in [-0.2, 0) is 11.8 Å². The third kappa shape index (κ3) is 5.52. The SMILES string of the molecule is CNC(=O)COc1ccc2cnc(C(=O)Nc3cccc([C@@H](C)Sc4nncn4C)c3)cc2c1. The molecular formula is C24H24N6O3S. The number of thioether (sulfide) groups is 1. The summed E-state index contributed by atoms with van der Waals surface area (Å²) in [6, 6.07) is 14.8. The van der Waals surface area contributed by atoms with Crippen molar-refractivity contribution in [3.05, 3.63) is 72.3 Å². The van der Waals surface area contributed by atoms with E-state index >= 15 is 0 Å². The fourth-order valence-electron chi connectivity index (χ4n) is 3.22. The highest BCUT2D eigenvalue weighted by molar-refractivity contribution is 7.99. The molecule has 4 aromatic rings. The number of nitrogens with one attached hydrogen (secondary N) is 2. The zero-order valence-corrected chi connectivity index (χ0v) is 19.8. The molecule has 34 heavy (non-hydrogen) atoms. The van der Waals surface area contributed by atoms with Crippen LogP contribution in [0, 0.1) is 0 Å². The normalized spacial score (nSPS) is 11.7. The third-order valence-corrected chi connectivity index (χ3v) is 6.35. The molecule has 174 valence electrons. The molecular weight excluding hydrogens is 452 g/mol. The molecule has 10 heteroatoms. The van der Waals surface area contributed by atoms with Crippen molar-refractivity contribution in [2.75, 3.05) is 19.0 Å². The Kier molecular flexibility index (Phi) is 7.07. The van der Waals surface area contributed by atoms with Crippen molar-refractivity contribution in [2.24, 2.45) is 7.05 Å². The van der Waals surface area contributed by atoms with Gasteiger partial charge in [-0.3, -0.25) is 14.6 Å². The molecule has 2 aromatic carbocycles. The van der Waals surface area contributed by atoms with Crippen LogP contribution in [0.5, 0.6) is 5.75 Å². The predicted molar refractivity (Wildman–Crippen MR) is 131 cm³/mol. The predicted octanol–water partition coefficient (Wildman–Crippen LogP) is 3.59. The van der Waals surface area contributed by atoms with Crippen LogP contribution in [0.2, 0.25) is 0 Å². The standard InChI is InChI=1S/C24H24N6O3S/c1-15(34-24-29-27-14-30(24)3)16-5-4-6-19(9-16)28-23(32)21-11-18-10-20(33-13-22(31)25-2)8-7-17(18)12-26-21/h4-12,14-15H,13H2,1-3H3,(H,25,31)(H,28,32)/t15-/m1/s1. The number of fused-ring (bicyclic) bond motifs is 1. The maximum Gasteiger partial charge on any atom is 0.274 e. The number of ether oxygens (including phenoxy) is 1. The van der Waals surface area contributed by atoms with Crippen molar-refractivity contribution >= 4 is 40.0 Å². The molecule has 0 aliphatic carbocycles. The van der Waals surface area contributed by atoms with E-state index in [9.17, 15) is 9.59 Å². The minimum absolute atomic E-state index is 0.0792. The van der Waals surface area contributed by atoms with Crippen molar-refractivity contribution < 1.29 is 14.3 Å². The largest absolute Gasteiger partial charge is 0.484 e. The van der Waals surface area contributed by atoms with Crippen LogP contribution >= 0.6 is 11.8 Å². The van der Waals surface area contributed by atoms with E-state index in [1.54, 1.807) is 49.5 Å². The highest BCUT2D eigenvalue weighted by Crippen LogP contribution is 2.34. The summed E-state index contributed by atoms with van der Waals surface area (Å²) < 4.78 is 7.37. The Morgan fingerprint density at radius 1 is 1.15 bits per heavy atom. The first-order chi connectivity index (χ1) is 16.4. The highest BCUT2D eigenvalue weighted by atomic mass is 32.2. The first kappa shape index (κ1) is 23.2. The lowest BCUT2D eigenvalue weighted by atomic mass is 10.1. The van der Waals surface area contributed by atoms with Crippen molar-refractivity contribution in [1.29, 1.82) is 0 Å². The highest BCUT2D eigenvalue weighted by Gasteiger charge is 2.14. The van der Waals surface area contributed by atoms with Crippen molar-refractivity contribution in [3.8, 4) is 5.75 Å². The average molecular weight is 477 g/mol. The lowest BCUT2D eigenvalue weighted by molar-refractivity contribution is -0.122. The number of carbonyl (C=O) groups excluding carboxylic acids is 2. The Hall–Kier alpha value is -3.92. The second-order valence-corrected chi connectivity index (χ2v) is 8.91. The van der Waals surface area contributed by atoms with Crippen LogP contribution in [0.3, 0.4) is 0 Å². The summed E-state index contributed by atoms with van der Waals surface area (Å²) in [5.74, 6) is 0.00141. The summed E-state index contributed by atoms with van der Waals surface area (Å²) in [4.78, 5) is 28.6. The Bertz CT molecular complexity index is 1340. The van der Waals surface area contributed by atoms with Gasteiger partial charge in [-0.2, -0.15) is 0 Å². The van der Waals surface area contributed by atoms with E-state index in [2.05, 4.69) is 32.7 Å². The number of benzene rings is 2. The number of carbonyl (C=O) groups is 2. The Labute approximate surface area is 200 Å². The van der Waals surface area contributed by atoms with E-state index in [-0.39, 0.29) is 29.4 Å². The van der Waals surface area contributed by atoms with Crippen LogP contribution in [0.4, 0.5) is 5.69 Å². The number of aryl methyl sites for hydroxylation is 1. The molecule has 2 aromatic heterocycles. The van der Waals surface area contributed by atoms with Gasteiger partial charge in [0.2, 0.25) is 0 Å². The van der Waals surface area contributed by atoms with Gasteiger partial charge in [-0.25, -0.2) is 0 Å². The van der Waals surface area contributed by atoms with E-state index in [0.717, 1.165) is 21.5 Å². The number of rotatable bonds is 8. The van der Waals surface area contributed by atoms with E-state index < -0.39 is 0 Å². The molecule has 0 bridgehead atoms. The number of amides is 2. The summed E-state index contributed by atoms with van der Waals surface area (Å²) in [7, 11) is 3.45. The van der Waals surface area contributed by atoms with Crippen molar-refractivity contribution in [1.82, 2.24) is 25.1 Å². The molecule has 0 fully saturated rings. The van der Waals surface area contributed by atoms with E-state index in [1.807, 2.05) is 41.9 Å². The van der Waals surface area contributed by atoms with Crippen molar-refractivity contribution in [3.63, 3.8) is 0 Å². The fourth-order valence-corrected chi connectivity index (χ4v) is 4.13. The molecule has 0 aliphatic rings. The smallest absolute Gasteiger partial charge is 0.274 e. The molecule has 0 aliphatic heterocycles. The molecule has 0 saturated carbocycles. The quantitative estimate of drug-likeness (QED) is 0.374. The first-order valence-electron chi connectivity index (χ1n) is 10.6. The fraction of sp³-hybridized carbons (Fsp3) is 0.208. The number of hydrogen-bond donors (Lipinski definition) is 2. The average Bonchev–Trinajstić information content (AvgIpc) is 3.26. The second-order valence-electron chi connectivity index (χ2n) is 7.60. The summed E-state index contributed by atoms with van der Waals surface area (Å²) >= 11 is 1.59. The molecule has 0 spiro atoms. The van der Waals surface area contributed by atoms with Gasteiger partial charge in [0.25, 0.3) is 11.8 Å². The van der Waals surface area contributed by atoms with Gasteiger partial charge in [0.1, 0.15) is 17.8 Å². The number of nitrogens with zero attached hydrogens (tertiary/aromatic N) is 4. The minimum atomic E-state index is -0.315. The Balaban J connectivity index is 1.47. The van der Waals surface area contributed by atoms with Crippen LogP contribution in [0.15, 0.2) is 66.2 Å². The van der Waals surface area contributed by atoms with Crippen LogP contribution in [0.1, 0.15) is 28.2 Å². The minimum Gasteiger partial charge on any atom is -0.484 e. The maximum absolute atomic E-state index is 12.9. The first-order valence-corrected chi connectivity index (χ1v) is 11.5. The molecule has 0 unspecified atom stereocenters. The summed E-state index contributed by atoms with van der Waals surface area (Å²) in [6.07, 6.45) is 3.31. The topological polar surface area (TPSA) is 111 Å². The van der Waals surface area contributed by atoms with Gasteiger partial charge in [0.15, 0.2) is 11.8 Å². The maximum atomic E-state index is 12.9. The third-order valence-electron chi connectivity index (χ3n) is 5.14. The van der Waals surface area contributed by atoms with Gasteiger partial charge < -0.3 is 19.9 Å². The summed E-state index contributed by atoms with van der Waals surface area (Å²) in [5.41, 5.74) is 2.01. The van der Waals surface area contributed by atoms with Gasteiger partial charge in [-0.1, -0.05) is 23.9 Å². The summed E-state index contributed by atoms with van der Waals surface area (Å²) in [6.45, 7) is 2.00. The van der Waals surface area contributed by atoms with Gasteiger partial charge in [-0.05, 0) is 54.3 Å². The van der Waals surface area contributed by atoms with Crippen LogP contribution < -0.4 is 15.4 Å². The molecule has 0 saturated heterocycles. The lowest BCUT2D eigenvalue weighted by Crippen LogP contribution is -2.24. The molecule has 4 rings (SSSR count). The second kappa shape index (κ2) is 10.3. The van der Waals surface area contributed by atoms with Gasteiger partial charge in [0, 0.05) is 36.6 Å². The van der Waals surface area contributed by atoms with E-state index in [4.69, 9.17) is 4.74 Å². The molecule has 2 heterocycles.